The van der Waals surface area contributed by atoms with Crippen molar-refractivity contribution in [3.8, 4) is 0 Å². The molecule has 0 aliphatic carbocycles. The minimum atomic E-state index is -4.50. The van der Waals surface area contributed by atoms with Gasteiger partial charge in [-0.25, -0.2) is 0 Å². The molecule has 4 rings (SSSR count). The quantitative estimate of drug-likeness (QED) is 0.701. The Kier molecular flexibility index (Phi) is 5.56. The Morgan fingerprint density at radius 3 is 2.20 bits per heavy atom. The second kappa shape index (κ2) is 8.14. The molecule has 2 aliphatic rings. The average molecular weight is 415 g/mol. The minimum Gasteiger partial charge on any atom is -0.368 e. The van der Waals surface area contributed by atoms with Crippen molar-refractivity contribution in [2.24, 2.45) is 0 Å². The lowest BCUT2D eigenvalue weighted by molar-refractivity contribution is -0.137. The monoisotopic (exact) mass is 415 g/mol. The van der Waals surface area contributed by atoms with Gasteiger partial charge in [-0.3, -0.25) is 4.79 Å². The zero-order valence-electron chi connectivity index (χ0n) is 16.8. The number of carbonyl (C=O) groups excluding carboxylic acids is 1. The van der Waals surface area contributed by atoms with Crippen LogP contribution in [-0.4, -0.2) is 50.6 Å². The first-order chi connectivity index (χ1) is 14.3. The van der Waals surface area contributed by atoms with Gasteiger partial charge in [0.05, 0.1) is 11.3 Å². The van der Waals surface area contributed by atoms with E-state index in [1.54, 1.807) is 0 Å². The highest BCUT2D eigenvalue weighted by Gasteiger charge is 2.38. The van der Waals surface area contributed by atoms with Crippen LogP contribution >= 0.6 is 0 Å². The third-order valence-electron chi connectivity index (χ3n) is 5.74. The zero-order chi connectivity index (χ0) is 21.3. The number of benzene rings is 2. The van der Waals surface area contributed by atoms with Crippen LogP contribution in [0.5, 0.6) is 0 Å². The summed E-state index contributed by atoms with van der Waals surface area (Å²) < 4.78 is 40.2. The van der Waals surface area contributed by atoms with Gasteiger partial charge in [-0.15, -0.1) is 0 Å². The number of amides is 1. The van der Waals surface area contributed by atoms with Crippen LogP contribution in [0.2, 0.25) is 0 Å². The molecule has 2 fully saturated rings. The van der Waals surface area contributed by atoms with Crippen LogP contribution in [0.1, 0.15) is 17.5 Å². The first kappa shape index (κ1) is 20.5. The van der Waals surface area contributed by atoms with Crippen LogP contribution in [0.15, 0.2) is 54.1 Å². The summed E-state index contributed by atoms with van der Waals surface area (Å²) in [7, 11) is 2.09. The molecule has 1 amide bonds. The van der Waals surface area contributed by atoms with E-state index in [-0.39, 0.29) is 18.1 Å². The summed E-state index contributed by atoms with van der Waals surface area (Å²) in [5.41, 5.74) is 1.66. The van der Waals surface area contributed by atoms with Crippen LogP contribution in [0.3, 0.4) is 0 Å². The van der Waals surface area contributed by atoms with Gasteiger partial charge in [0.15, 0.2) is 0 Å². The summed E-state index contributed by atoms with van der Waals surface area (Å²) in [4.78, 5) is 18.8. The molecule has 2 aromatic carbocycles. The molecule has 2 saturated heterocycles. The van der Waals surface area contributed by atoms with Crippen LogP contribution < -0.4 is 9.80 Å². The molecule has 2 aromatic rings. The van der Waals surface area contributed by atoms with Gasteiger partial charge in [0.2, 0.25) is 0 Å². The number of hydrogen-bond acceptors (Lipinski definition) is 3. The van der Waals surface area contributed by atoms with Crippen LogP contribution in [0, 0.1) is 0 Å². The number of anilines is 2. The smallest absolute Gasteiger partial charge is 0.368 e. The van der Waals surface area contributed by atoms with Crippen molar-refractivity contribution in [2.75, 3.05) is 49.6 Å². The van der Waals surface area contributed by atoms with E-state index in [4.69, 9.17) is 0 Å². The number of piperazine rings is 1. The molecule has 0 N–H and O–H groups in total. The molecule has 2 heterocycles. The van der Waals surface area contributed by atoms with Gasteiger partial charge in [0, 0.05) is 44.0 Å². The fourth-order valence-corrected chi connectivity index (χ4v) is 4.06. The van der Waals surface area contributed by atoms with E-state index in [0.29, 0.717) is 12.0 Å². The fourth-order valence-electron chi connectivity index (χ4n) is 4.06. The number of para-hydroxylation sites is 2. The van der Waals surface area contributed by atoms with Crippen molar-refractivity contribution in [1.82, 2.24) is 4.90 Å². The van der Waals surface area contributed by atoms with Gasteiger partial charge in [-0.2, -0.15) is 13.2 Å². The number of carbonyl (C=O) groups is 1. The number of hydrogen-bond donors (Lipinski definition) is 0. The molecule has 4 nitrogen and oxygen atoms in total. The Morgan fingerprint density at radius 1 is 0.867 bits per heavy atom. The van der Waals surface area contributed by atoms with Crippen molar-refractivity contribution in [3.05, 3.63) is 65.2 Å². The van der Waals surface area contributed by atoms with Gasteiger partial charge < -0.3 is 14.7 Å². The summed E-state index contributed by atoms with van der Waals surface area (Å²) in [6, 6.07) is 13.1. The molecule has 0 bridgehead atoms. The highest BCUT2D eigenvalue weighted by Crippen LogP contribution is 2.39. The molecule has 7 heteroatoms. The molecular formula is C23H24F3N3O. The van der Waals surface area contributed by atoms with Gasteiger partial charge in [0.1, 0.15) is 0 Å². The largest absolute Gasteiger partial charge is 0.418 e. The van der Waals surface area contributed by atoms with Gasteiger partial charge in [-0.1, -0.05) is 30.3 Å². The summed E-state index contributed by atoms with van der Waals surface area (Å²) in [6.07, 6.45) is -2.24. The van der Waals surface area contributed by atoms with Crippen molar-refractivity contribution in [3.63, 3.8) is 0 Å². The lowest BCUT2D eigenvalue weighted by atomic mass is 10.1. The third kappa shape index (κ3) is 4.07. The van der Waals surface area contributed by atoms with Crippen molar-refractivity contribution < 1.29 is 18.0 Å². The molecule has 0 aromatic heterocycles. The van der Waals surface area contributed by atoms with E-state index in [9.17, 15) is 18.0 Å². The fraction of sp³-hybridized carbons (Fsp3) is 0.348. The SMILES string of the molecule is CN1CCN(c2ccccc2C=C2CCN(c3ccccc3C(F)(F)F)C2=O)CC1. The van der Waals surface area contributed by atoms with E-state index in [0.717, 1.165) is 43.5 Å². The zero-order valence-corrected chi connectivity index (χ0v) is 16.8. The standard InChI is InChI=1S/C23H24F3N3O/c1-27-12-14-28(15-13-27)20-8-4-2-6-17(20)16-18-10-11-29(22(18)30)21-9-5-3-7-19(21)23(24,25)26/h2-9,16H,10-15H2,1H3. The maximum atomic E-state index is 13.4. The minimum absolute atomic E-state index is 0.0780. The van der Waals surface area contributed by atoms with Gasteiger partial charge in [-0.05, 0) is 43.3 Å². The molecule has 30 heavy (non-hydrogen) atoms. The molecule has 2 aliphatic heterocycles. The molecule has 158 valence electrons. The molecule has 0 atom stereocenters. The van der Waals surface area contributed by atoms with Crippen molar-refractivity contribution in [1.29, 1.82) is 0 Å². The Morgan fingerprint density at radius 2 is 1.50 bits per heavy atom. The number of alkyl halides is 3. The molecule has 0 unspecified atom stereocenters. The predicted molar refractivity (Wildman–Crippen MR) is 113 cm³/mol. The van der Waals surface area contributed by atoms with Gasteiger partial charge in [0.25, 0.3) is 5.91 Å². The topological polar surface area (TPSA) is 26.8 Å². The normalized spacial score (nSPS) is 19.7. The van der Waals surface area contributed by atoms with Crippen LogP contribution in [0.4, 0.5) is 24.5 Å². The van der Waals surface area contributed by atoms with E-state index >= 15 is 0 Å². The van der Waals surface area contributed by atoms with Gasteiger partial charge >= 0.3 is 6.18 Å². The lowest BCUT2D eigenvalue weighted by Gasteiger charge is -2.35. The predicted octanol–water partition coefficient (Wildman–Crippen LogP) is 4.28. The Labute approximate surface area is 174 Å². The van der Waals surface area contributed by atoms with E-state index < -0.39 is 11.7 Å². The molecule has 0 radical (unpaired) electrons. The first-order valence-electron chi connectivity index (χ1n) is 10.1. The molecular weight excluding hydrogens is 391 g/mol. The highest BCUT2D eigenvalue weighted by molar-refractivity contribution is 6.11. The summed E-state index contributed by atoms with van der Waals surface area (Å²) in [5, 5.41) is 0. The maximum absolute atomic E-state index is 13.4. The summed E-state index contributed by atoms with van der Waals surface area (Å²) >= 11 is 0. The Balaban J connectivity index is 1.62. The average Bonchev–Trinajstić information content (AvgIpc) is 3.09. The lowest BCUT2D eigenvalue weighted by Crippen LogP contribution is -2.44. The molecule has 0 saturated carbocycles. The number of rotatable bonds is 3. The van der Waals surface area contributed by atoms with Crippen LogP contribution in [-0.2, 0) is 11.0 Å². The second-order valence-corrected chi connectivity index (χ2v) is 7.74. The second-order valence-electron chi connectivity index (χ2n) is 7.74. The highest BCUT2D eigenvalue weighted by atomic mass is 19.4. The van der Waals surface area contributed by atoms with Crippen molar-refractivity contribution in [2.45, 2.75) is 12.6 Å². The molecule has 0 spiro atoms. The Hall–Kier alpha value is -2.80. The maximum Gasteiger partial charge on any atom is 0.418 e. The number of halogens is 3. The summed E-state index contributed by atoms with van der Waals surface area (Å²) in [6.45, 7) is 3.97. The Bertz CT molecular complexity index is 962. The number of nitrogens with zero attached hydrogens (tertiary/aromatic N) is 3. The first-order valence-corrected chi connectivity index (χ1v) is 10.1. The van der Waals surface area contributed by atoms with E-state index in [1.165, 1.54) is 23.1 Å². The van der Waals surface area contributed by atoms with E-state index in [2.05, 4.69) is 16.8 Å². The van der Waals surface area contributed by atoms with E-state index in [1.807, 2.05) is 30.3 Å². The van der Waals surface area contributed by atoms with Crippen LogP contribution in [0.25, 0.3) is 6.08 Å². The third-order valence-corrected chi connectivity index (χ3v) is 5.74. The van der Waals surface area contributed by atoms with Crippen molar-refractivity contribution >= 4 is 23.4 Å². The number of likely N-dealkylation sites (N-methyl/N-ethyl adjacent to an activating group) is 1. The summed E-state index contributed by atoms with van der Waals surface area (Å²) in [5.74, 6) is -0.361.